The fourth-order valence-corrected chi connectivity index (χ4v) is 2.07. The number of aliphatic imine (C=N–C) groups is 2. The van der Waals surface area contributed by atoms with Crippen LogP contribution in [0.4, 0.5) is 5.69 Å². The van der Waals surface area contributed by atoms with Crippen molar-refractivity contribution in [2.45, 2.75) is 26.4 Å². The molecule has 0 spiro atoms. The second kappa shape index (κ2) is 8.55. The van der Waals surface area contributed by atoms with Crippen molar-refractivity contribution in [1.82, 2.24) is 0 Å². The maximum Gasteiger partial charge on any atom is 0.0448 e. The third-order valence-electron chi connectivity index (χ3n) is 3.13. The van der Waals surface area contributed by atoms with Gasteiger partial charge in [0.1, 0.15) is 0 Å². The first-order valence-electron chi connectivity index (χ1n) is 7.62. The van der Waals surface area contributed by atoms with Gasteiger partial charge in [-0.05, 0) is 48.7 Å². The minimum atomic E-state index is 0.263. The number of hydrogen-bond donors (Lipinski definition) is 1. The summed E-state index contributed by atoms with van der Waals surface area (Å²) in [7, 11) is 0. The Labute approximate surface area is 138 Å². The van der Waals surface area contributed by atoms with Crippen LogP contribution in [-0.4, -0.2) is 18.5 Å². The van der Waals surface area contributed by atoms with Gasteiger partial charge in [-0.3, -0.25) is 4.99 Å². The monoisotopic (exact) mass is 303 g/mol. The van der Waals surface area contributed by atoms with Crippen molar-refractivity contribution < 1.29 is 0 Å². The molecule has 1 N–H and O–H groups in total. The van der Waals surface area contributed by atoms with Crippen LogP contribution in [0, 0.1) is 12.5 Å². The molecule has 0 atom stereocenters. The van der Waals surface area contributed by atoms with Crippen molar-refractivity contribution in [2.24, 2.45) is 9.98 Å². The van der Waals surface area contributed by atoms with Crippen LogP contribution in [0.15, 0.2) is 58.5 Å². The second-order valence-electron chi connectivity index (χ2n) is 5.49. The van der Waals surface area contributed by atoms with E-state index in [-0.39, 0.29) is 6.04 Å². The summed E-state index contributed by atoms with van der Waals surface area (Å²) in [5, 5.41) is 3.43. The summed E-state index contributed by atoms with van der Waals surface area (Å²) in [6.45, 7) is 4.86. The van der Waals surface area contributed by atoms with Crippen molar-refractivity contribution >= 4 is 18.1 Å². The molecular formula is C20H21N3. The molecule has 0 unspecified atom stereocenters. The van der Waals surface area contributed by atoms with E-state index in [1.54, 1.807) is 6.21 Å². The standard InChI is InChI=1S/C20H21N3/c1-4-21-13-18-10-19(15-22-16(2)3)12-20(11-18)23-14-17-8-6-5-7-9-17/h1,5-13,15-16,23H,14H2,2-3H3. The van der Waals surface area contributed by atoms with E-state index in [0.717, 1.165) is 23.4 Å². The molecular weight excluding hydrogens is 282 g/mol. The zero-order valence-corrected chi connectivity index (χ0v) is 13.5. The average molecular weight is 303 g/mol. The van der Waals surface area contributed by atoms with Gasteiger partial charge in [-0.15, -0.1) is 0 Å². The van der Waals surface area contributed by atoms with Gasteiger partial charge >= 0.3 is 0 Å². The highest BCUT2D eigenvalue weighted by molar-refractivity contribution is 5.89. The quantitative estimate of drug-likeness (QED) is 0.632. The molecule has 0 aliphatic heterocycles. The molecule has 0 saturated heterocycles. The first-order chi connectivity index (χ1) is 11.2. The van der Waals surface area contributed by atoms with Crippen molar-refractivity contribution in [1.29, 1.82) is 0 Å². The van der Waals surface area contributed by atoms with Gasteiger partial charge in [0.05, 0.1) is 0 Å². The lowest BCUT2D eigenvalue weighted by molar-refractivity contribution is 0.841. The lowest BCUT2D eigenvalue weighted by Gasteiger charge is -2.09. The summed E-state index contributed by atoms with van der Waals surface area (Å²) < 4.78 is 0. The Kier molecular flexibility index (Phi) is 6.14. The van der Waals surface area contributed by atoms with E-state index in [1.165, 1.54) is 5.56 Å². The molecule has 0 aliphatic carbocycles. The maximum absolute atomic E-state index is 5.20. The van der Waals surface area contributed by atoms with Crippen LogP contribution in [0.25, 0.3) is 0 Å². The van der Waals surface area contributed by atoms with E-state index in [1.807, 2.05) is 36.5 Å². The van der Waals surface area contributed by atoms with Crippen molar-refractivity contribution in [3.05, 3.63) is 65.2 Å². The van der Waals surface area contributed by atoms with Gasteiger partial charge in [0.15, 0.2) is 0 Å². The van der Waals surface area contributed by atoms with Gasteiger partial charge in [0.25, 0.3) is 0 Å². The van der Waals surface area contributed by atoms with Gasteiger partial charge in [-0.2, -0.15) is 0 Å². The van der Waals surface area contributed by atoms with Gasteiger partial charge < -0.3 is 5.32 Å². The van der Waals surface area contributed by atoms with Crippen LogP contribution in [-0.2, 0) is 6.54 Å². The van der Waals surface area contributed by atoms with Gasteiger partial charge in [0.2, 0.25) is 0 Å². The molecule has 0 fully saturated rings. The molecule has 0 amide bonds. The number of rotatable bonds is 6. The predicted octanol–water partition coefficient (Wildman–Crippen LogP) is 4.14. The summed E-state index contributed by atoms with van der Waals surface area (Å²) in [5.41, 5.74) is 4.22. The minimum absolute atomic E-state index is 0.263. The number of terminal acetylenes is 1. The van der Waals surface area contributed by atoms with Crippen LogP contribution < -0.4 is 5.32 Å². The molecule has 0 heterocycles. The summed E-state index contributed by atoms with van der Waals surface area (Å²) in [4.78, 5) is 8.31. The summed E-state index contributed by atoms with van der Waals surface area (Å²) in [6.07, 6.45) is 8.76. The zero-order valence-electron chi connectivity index (χ0n) is 13.5. The number of hydrogen-bond acceptors (Lipinski definition) is 3. The number of nitrogens with one attached hydrogen (secondary N) is 1. The van der Waals surface area contributed by atoms with Gasteiger partial charge in [-0.25, -0.2) is 4.99 Å². The number of anilines is 1. The molecule has 116 valence electrons. The Balaban J connectivity index is 2.21. The summed E-state index contributed by atoms with van der Waals surface area (Å²) >= 11 is 0. The van der Waals surface area contributed by atoms with Crippen LogP contribution in [0.3, 0.4) is 0 Å². The molecule has 0 bridgehead atoms. The Morgan fingerprint density at radius 1 is 1.09 bits per heavy atom. The third-order valence-corrected chi connectivity index (χ3v) is 3.13. The number of benzene rings is 2. The largest absolute Gasteiger partial charge is 0.381 e. The first-order valence-corrected chi connectivity index (χ1v) is 7.62. The molecule has 2 aromatic rings. The highest BCUT2D eigenvalue weighted by Gasteiger charge is 2.00. The number of nitrogens with zero attached hydrogens (tertiary/aromatic N) is 2. The molecule has 2 aromatic carbocycles. The smallest absolute Gasteiger partial charge is 0.0448 e. The van der Waals surface area contributed by atoms with Gasteiger partial charge in [0, 0.05) is 36.7 Å². The van der Waals surface area contributed by atoms with Crippen LogP contribution >= 0.6 is 0 Å². The fourth-order valence-electron chi connectivity index (χ4n) is 2.07. The fraction of sp³-hybridized carbons (Fsp3) is 0.200. The molecule has 23 heavy (non-hydrogen) atoms. The molecule has 0 aliphatic rings. The highest BCUT2D eigenvalue weighted by Crippen LogP contribution is 2.15. The SMILES string of the molecule is C#CN=Cc1cc(C=NC(C)C)cc(NCc2ccccc2)c1. The van der Waals surface area contributed by atoms with E-state index in [4.69, 9.17) is 6.42 Å². The van der Waals surface area contributed by atoms with E-state index < -0.39 is 0 Å². The topological polar surface area (TPSA) is 36.8 Å². The van der Waals surface area contributed by atoms with E-state index in [2.05, 4.69) is 53.4 Å². The Morgan fingerprint density at radius 3 is 2.43 bits per heavy atom. The Morgan fingerprint density at radius 2 is 1.78 bits per heavy atom. The molecule has 0 aromatic heterocycles. The highest BCUT2D eigenvalue weighted by atomic mass is 14.9. The Bertz CT molecular complexity index is 722. The predicted molar refractivity (Wildman–Crippen MR) is 99.4 cm³/mol. The molecule has 3 heteroatoms. The molecule has 0 radical (unpaired) electrons. The lowest BCUT2D eigenvalue weighted by Crippen LogP contribution is -2.01. The van der Waals surface area contributed by atoms with Crippen molar-refractivity contribution in [2.75, 3.05) is 5.32 Å². The van der Waals surface area contributed by atoms with Crippen LogP contribution in [0.2, 0.25) is 0 Å². The van der Waals surface area contributed by atoms with E-state index in [9.17, 15) is 0 Å². The third kappa shape index (κ3) is 5.80. The normalized spacial score (nSPS) is 11.2. The van der Waals surface area contributed by atoms with Crippen molar-refractivity contribution in [3.63, 3.8) is 0 Å². The van der Waals surface area contributed by atoms with Crippen LogP contribution in [0.1, 0.15) is 30.5 Å². The summed E-state index contributed by atoms with van der Waals surface area (Å²) in [6, 6.07) is 18.9. The zero-order chi connectivity index (χ0) is 16.5. The lowest BCUT2D eigenvalue weighted by atomic mass is 10.1. The van der Waals surface area contributed by atoms with Crippen LogP contribution in [0.5, 0.6) is 0 Å². The molecule has 2 rings (SSSR count). The Hall–Kier alpha value is -2.86. The summed E-state index contributed by atoms with van der Waals surface area (Å²) in [5.74, 6) is 0. The van der Waals surface area contributed by atoms with E-state index in [0.29, 0.717) is 0 Å². The minimum Gasteiger partial charge on any atom is -0.381 e. The second-order valence-corrected chi connectivity index (χ2v) is 5.49. The molecule has 0 saturated carbocycles. The van der Waals surface area contributed by atoms with Gasteiger partial charge in [-0.1, -0.05) is 36.8 Å². The van der Waals surface area contributed by atoms with Crippen molar-refractivity contribution in [3.8, 4) is 12.5 Å². The first kappa shape index (κ1) is 16.5. The average Bonchev–Trinajstić information content (AvgIpc) is 2.57. The maximum atomic E-state index is 5.20. The molecule has 3 nitrogen and oxygen atoms in total. The van der Waals surface area contributed by atoms with E-state index >= 15 is 0 Å².